The number of hydrogen-bond acceptors (Lipinski definition) is 4. The highest BCUT2D eigenvalue weighted by Crippen LogP contribution is 2.12. The van der Waals surface area contributed by atoms with Gasteiger partial charge in [0, 0.05) is 25.8 Å². The van der Waals surface area contributed by atoms with Gasteiger partial charge in [0.2, 0.25) is 10.0 Å². The molecule has 5 nitrogen and oxygen atoms in total. The molecule has 0 spiro atoms. The summed E-state index contributed by atoms with van der Waals surface area (Å²) in [6, 6.07) is 6.99. The van der Waals surface area contributed by atoms with Gasteiger partial charge in [-0.2, -0.15) is 0 Å². The Labute approximate surface area is 121 Å². The molecule has 0 unspecified atom stereocenters. The van der Waals surface area contributed by atoms with Crippen molar-refractivity contribution in [2.24, 2.45) is 0 Å². The highest BCUT2D eigenvalue weighted by Gasteiger charge is 2.20. The van der Waals surface area contributed by atoms with Crippen LogP contribution in [0, 0.1) is 0 Å². The van der Waals surface area contributed by atoms with Gasteiger partial charge in [0.25, 0.3) is 0 Å². The molecule has 1 heterocycles. The molecule has 6 heteroatoms. The maximum absolute atomic E-state index is 12.3. The van der Waals surface area contributed by atoms with Gasteiger partial charge in [-0.3, -0.25) is 0 Å². The smallest absolute Gasteiger partial charge is 0.218 e. The van der Waals surface area contributed by atoms with Crippen LogP contribution in [0.1, 0.15) is 18.4 Å². The van der Waals surface area contributed by atoms with Crippen LogP contribution < -0.4 is 5.73 Å². The molecule has 1 fully saturated rings. The van der Waals surface area contributed by atoms with Gasteiger partial charge in [0.1, 0.15) is 0 Å². The van der Waals surface area contributed by atoms with Crippen LogP contribution in [0.4, 0.5) is 5.69 Å². The molecule has 0 bridgehead atoms. The van der Waals surface area contributed by atoms with E-state index < -0.39 is 10.0 Å². The SMILES string of the molecule is CN(CCN1CCCC1)S(=O)(=O)Cc1ccc(N)cc1. The number of hydrogen-bond donors (Lipinski definition) is 1. The molecule has 112 valence electrons. The number of nitrogen functional groups attached to an aromatic ring is 1. The molecule has 20 heavy (non-hydrogen) atoms. The number of sulfonamides is 1. The van der Waals surface area contributed by atoms with Crippen molar-refractivity contribution < 1.29 is 8.42 Å². The van der Waals surface area contributed by atoms with Crippen LogP contribution in [0.5, 0.6) is 0 Å². The molecule has 1 aromatic carbocycles. The van der Waals surface area contributed by atoms with Crippen LogP contribution in [0.15, 0.2) is 24.3 Å². The maximum atomic E-state index is 12.3. The molecule has 0 atom stereocenters. The molecule has 1 aromatic rings. The number of nitrogens with two attached hydrogens (primary N) is 1. The quantitative estimate of drug-likeness (QED) is 0.799. The fraction of sp³-hybridized carbons (Fsp3) is 0.571. The summed E-state index contributed by atoms with van der Waals surface area (Å²) in [5.74, 6) is 0.0315. The third kappa shape index (κ3) is 4.19. The lowest BCUT2D eigenvalue weighted by Gasteiger charge is -2.21. The Bertz CT molecular complexity index is 522. The molecule has 1 saturated heterocycles. The van der Waals surface area contributed by atoms with Crippen LogP contribution in [-0.4, -0.2) is 50.8 Å². The summed E-state index contributed by atoms with van der Waals surface area (Å²) < 4.78 is 26.0. The first-order chi connectivity index (χ1) is 9.47. The topological polar surface area (TPSA) is 66.6 Å². The van der Waals surface area contributed by atoms with Crippen LogP contribution in [0.2, 0.25) is 0 Å². The van der Waals surface area contributed by atoms with Gasteiger partial charge in [-0.15, -0.1) is 0 Å². The summed E-state index contributed by atoms with van der Waals surface area (Å²) in [6.07, 6.45) is 2.45. The zero-order valence-electron chi connectivity index (χ0n) is 12.0. The largest absolute Gasteiger partial charge is 0.399 e. The van der Waals surface area contributed by atoms with Crippen LogP contribution in [-0.2, 0) is 15.8 Å². The van der Waals surface area contributed by atoms with Crippen molar-refractivity contribution in [2.45, 2.75) is 18.6 Å². The molecule has 2 rings (SSSR count). The summed E-state index contributed by atoms with van der Waals surface area (Å²) in [6.45, 7) is 3.55. The zero-order chi connectivity index (χ0) is 14.6. The summed E-state index contributed by atoms with van der Waals surface area (Å²) in [5, 5.41) is 0. The van der Waals surface area contributed by atoms with Crippen molar-refractivity contribution in [3.63, 3.8) is 0 Å². The van der Waals surface area contributed by atoms with Crippen molar-refractivity contribution in [3.8, 4) is 0 Å². The Morgan fingerprint density at radius 2 is 1.80 bits per heavy atom. The summed E-state index contributed by atoms with van der Waals surface area (Å²) in [7, 11) is -1.60. The number of nitrogens with zero attached hydrogens (tertiary/aromatic N) is 2. The van der Waals surface area contributed by atoms with E-state index in [1.165, 1.54) is 17.1 Å². The first-order valence-electron chi connectivity index (χ1n) is 6.98. The molecule has 2 N–H and O–H groups in total. The fourth-order valence-corrected chi connectivity index (χ4v) is 3.56. The van der Waals surface area contributed by atoms with E-state index in [4.69, 9.17) is 5.73 Å². The molecule has 1 aliphatic heterocycles. The second kappa shape index (κ2) is 6.56. The Hall–Kier alpha value is -1.11. The monoisotopic (exact) mass is 297 g/mol. The fourth-order valence-electron chi connectivity index (χ4n) is 2.36. The van der Waals surface area contributed by atoms with Gasteiger partial charge < -0.3 is 10.6 Å². The number of benzene rings is 1. The predicted octanol–water partition coefficient (Wildman–Crippen LogP) is 1.13. The van der Waals surface area contributed by atoms with Crippen LogP contribution in [0.3, 0.4) is 0 Å². The molecule has 0 aliphatic carbocycles. The van der Waals surface area contributed by atoms with E-state index in [1.807, 2.05) is 0 Å². The number of likely N-dealkylation sites (tertiary alicyclic amines) is 1. The first kappa shape index (κ1) is 15.3. The van der Waals surface area contributed by atoms with Gasteiger partial charge in [0.05, 0.1) is 5.75 Å². The van der Waals surface area contributed by atoms with Crippen molar-refractivity contribution >= 4 is 15.7 Å². The van der Waals surface area contributed by atoms with Gasteiger partial charge in [-0.1, -0.05) is 12.1 Å². The summed E-state index contributed by atoms with van der Waals surface area (Å²) >= 11 is 0. The molecule has 1 aliphatic rings. The van der Waals surface area contributed by atoms with Crippen LogP contribution >= 0.6 is 0 Å². The van der Waals surface area contributed by atoms with Gasteiger partial charge in [-0.25, -0.2) is 12.7 Å². The van der Waals surface area contributed by atoms with Gasteiger partial charge >= 0.3 is 0 Å². The highest BCUT2D eigenvalue weighted by atomic mass is 32.2. The average molecular weight is 297 g/mol. The second-order valence-electron chi connectivity index (χ2n) is 5.37. The number of anilines is 1. The minimum absolute atomic E-state index is 0.0315. The van der Waals surface area contributed by atoms with Gasteiger partial charge in [0.15, 0.2) is 0 Å². The minimum atomic E-state index is -3.25. The molecular formula is C14H23N3O2S. The maximum Gasteiger partial charge on any atom is 0.218 e. The number of likely N-dealkylation sites (N-methyl/N-ethyl adjacent to an activating group) is 1. The zero-order valence-corrected chi connectivity index (χ0v) is 12.8. The van der Waals surface area contributed by atoms with E-state index in [2.05, 4.69) is 4.90 Å². The van der Waals surface area contributed by atoms with E-state index in [9.17, 15) is 8.42 Å². The molecule has 0 saturated carbocycles. The lowest BCUT2D eigenvalue weighted by atomic mass is 10.2. The third-order valence-corrected chi connectivity index (χ3v) is 5.56. The van der Waals surface area contributed by atoms with Crippen molar-refractivity contribution in [2.75, 3.05) is 39.0 Å². The Morgan fingerprint density at radius 3 is 2.40 bits per heavy atom. The second-order valence-corrected chi connectivity index (χ2v) is 7.44. The Kier molecular flexibility index (Phi) is 5.01. The number of rotatable bonds is 6. The van der Waals surface area contributed by atoms with Crippen LogP contribution in [0.25, 0.3) is 0 Å². The third-order valence-electron chi connectivity index (χ3n) is 3.73. The highest BCUT2D eigenvalue weighted by molar-refractivity contribution is 7.88. The average Bonchev–Trinajstić information content (AvgIpc) is 2.91. The molecule has 0 amide bonds. The normalized spacial score (nSPS) is 16.9. The first-order valence-corrected chi connectivity index (χ1v) is 8.59. The minimum Gasteiger partial charge on any atom is -0.399 e. The van der Waals surface area contributed by atoms with E-state index >= 15 is 0 Å². The Morgan fingerprint density at radius 1 is 1.20 bits per heavy atom. The van der Waals surface area contributed by atoms with E-state index in [0.29, 0.717) is 12.2 Å². The van der Waals surface area contributed by atoms with E-state index in [1.54, 1.807) is 31.3 Å². The lowest BCUT2D eigenvalue weighted by molar-refractivity contribution is 0.310. The van der Waals surface area contributed by atoms with Crippen molar-refractivity contribution in [3.05, 3.63) is 29.8 Å². The summed E-state index contributed by atoms with van der Waals surface area (Å²) in [4.78, 5) is 2.31. The predicted molar refractivity (Wildman–Crippen MR) is 81.8 cm³/mol. The lowest BCUT2D eigenvalue weighted by Crippen LogP contribution is -2.35. The summed E-state index contributed by atoms with van der Waals surface area (Å²) in [5.41, 5.74) is 7.02. The van der Waals surface area contributed by atoms with Crippen molar-refractivity contribution in [1.82, 2.24) is 9.21 Å². The van der Waals surface area contributed by atoms with E-state index in [-0.39, 0.29) is 5.75 Å². The standard InChI is InChI=1S/C14H23N3O2S/c1-16(10-11-17-8-2-3-9-17)20(18,19)12-13-4-6-14(15)7-5-13/h4-7H,2-3,8-12,15H2,1H3. The van der Waals surface area contributed by atoms with Crippen molar-refractivity contribution in [1.29, 1.82) is 0 Å². The molecular weight excluding hydrogens is 274 g/mol. The Balaban J connectivity index is 1.89. The van der Waals surface area contributed by atoms with Gasteiger partial charge in [-0.05, 0) is 43.6 Å². The molecule has 0 aromatic heterocycles. The van der Waals surface area contributed by atoms with E-state index in [0.717, 1.165) is 25.2 Å². The molecule has 0 radical (unpaired) electrons.